The quantitative estimate of drug-likeness (QED) is 0.915. The molecule has 0 spiro atoms. The molecule has 2 unspecified atom stereocenters. The van der Waals surface area contributed by atoms with Crippen LogP contribution in [0.4, 0.5) is 0 Å². The number of nitrogens with zero attached hydrogens (tertiary/aromatic N) is 2. The van der Waals surface area contributed by atoms with E-state index >= 15 is 0 Å². The van der Waals surface area contributed by atoms with Crippen molar-refractivity contribution in [2.75, 3.05) is 7.05 Å². The second-order valence-electron chi connectivity index (χ2n) is 5.05. The number of hydrogen-bond donors (Lipinski definition) is 1. The van der Waals surface area contributed by atoms with Crippen molar-refractivity contribution in [3.8, 4) is 6.07 Å². The Labute approximate surface area is 119 Å². The molecule has 0 radical (unpaired) electrons. The van der Waals surface area contributed by atoms with E-state index in [-0.39, 0.29) is 10.5 Å². The first-order valence-electron chi connectivity index (χ1n) is 6.63. The van der Waals surface area contributed by atoms with Crippen LogP contribution in [0.5, 0.6) is 0 Å². The molecule has 20 heavy (non-hydrogen) atoms. The highest BCUT2D eigenvalue weighted by Crippen LogP contribution is 2.27. The third kappa shape index (κ3) is 2.70. The minimum absolute atomic E-state index is 0.00257. The normalized spacial score (nSPS) is 23.5. The Morgan fingerprint density at radius 2 is 1.95 bits per heavy atom. The summed E-state index contributed by atoms with van der Waals surface area (Å²) in [5.41, 5.74) is 0.129. The van der Waals surface area contributed by atoms with Crippen molar-refractivity contribution in [3.63, 3.8) is 0 Å². The second-order valence-corrected chi connectivity index (χ2v) is 7.01. The highest BCUT2D eigenvalue weighted by Gasteiger charge is 2.35. The zero-order valence-electron chi connectivity index (χ0n) is 11.4. The number of rotatable bonds is 3. The Morgan fingerprint density at radius 3 is 2.60 bits per heavy atom. The van der Waals surface area contributed by atoms with E-state index < -0.39 is 22.2 Å². The molecule has 0 aromatic heterocycles. The number of aliphatic hydroxyl groups is 1. The van der Waals surface area contributed by atoms with E-state index in [0.717, 1.165) is 12.8 Å². The predicted octanol–water partition coefficient (Wildman–Crippen LogP) is 1.48. The number of nitriles is 1. The van der Waals surface area contributed by atoms with Crippen molar-refractivity contribution < 1.29 is 13.5 Å². The van der Waals surface area contributed by atoms with Crippen LogP contribution in [0.25, 0.3) is 0 Å². The van der Waals surface area contributed by atoms with Crippen LogP contribution >= 0.6 is 0 Å². The molecule has 1 aliphatic rings. The van der Waals surface area contributed by atoms with Crippen LogP contribution in [0.15, 0.2) is 29.2 Å². The Morgan fingerprint density at radius 1 is 1.30 bits per heavy atom. The average Bonchev–Trinajstić information content (AvgIpc) is 2.47. The molecule has 6 heteroatoms. The highest BCUT2D eigenvalue weighted by molar-refractivity contribution is 7.89. The number of likely N-dealkylation sites (N-methyl/N-ethyl adjacent to an activating group) is 1. The third-order valence-electron chi connectivity index (χ3n) is 3.83. The molecule has 1 aromatic rings. The first-order chi connectivity index (χ1) is 9.48. The maximum Gasteiger partial charge on any atom is 0.244 e. The first kappa shape index (κ1) is 15.0. The van der Waals surface area contributed by atoms with Crippen molar-refractivity contribution in [2.45, 2.75) is 42.7 Å². The molecule has 0 heterocycles. The molecule has 1 aromatic carbocycles. The Balaban J connectivity index is 2.37. The van der Waals surface area contributed by atoms with Crippen molar-refractivity contribution in [3.05, 3.63) is 29.8 Å². The lowest BCUT2D eigenvalue weighted by Crippen LogP contribution is -2.46. The number of aliphatic hydroxyl groups excluding tert-OH is 1. The number of benzene rings is 1. The summed E-state index contributed by atoms with van der Waals surface area (Å²) in [7, 11) is -2.29. The lowest BCUT2D eigenvalue weighted by molar-refractivity contribution is 0.0638. The molecule has 0 amide bonds. The zero-order chi connectivity index (χ0) is 14.8. The summed E-state index contributed by atoms with van der Waals surface area (Å²) in [6.45, 7) is 0. The monoisotopic (exact) mass is 294 g/mol. The molecule has 0 saturated heterocycles. The summed E-state index contributed by atoms with van der Waals surface area (Å²) in [5.74, 6) is 0. The number of sulfonamides is 1. The first-order valence-corrected chi connectivity index (χ1v) is 8.07. The average molecular weight is 294 g/mol. The smallest absolute Gasteiger partial charge is 0.244 e. The molecule has 108 valence electrons. The van der Waals surface area contributed by atoms with Gasteiger partial charge in [0.2, 0.25) is 10.0 Å². The van der Waals surface area contributed by atoms with Gasteiger partial charge in [0.05, 0.1) is 22.6 Å². The van der Waals surface area contributed by atoms with Gasteiger partial charge in [-0.05, 0) is 25.0 Å². The van der Waals surface area contributed by atoms with E-state index in [9.17, 15) is 13.5 Å². The van der Waals surface area contributed by atoms with E-state index in [2.05, 4.69) is 0 Å². The van der Waals surface area contributed by atoms with Gasteiger partial charge in [-0.3, -0.25) is 0 Å². The predicted molar refractivity (Wildman–Crippen MR) is 74.4 cm³/mol. The highest BCUT2D eigenvalue weighted by atomic mass is 32.2. The summed E-state index contributed by atoms with van der Waals surface area (Å²) >= 11 is 0. The summed E-state index contributed by atoms with van der Waals surface area (Å²) in [4.78, 5) is 0.00257. The molecule has 0 aliphatic heterocycles. The summed E-state index contributed by atoms with van der Waals surface area (Å²) in [6, 6.07) is 7.63. The Hall–Kier alpha value is -1.42. The largest absolute Gasteiger partial charge is 0.391 e. The minimum Gasteiger partial charge on any atom is -0.391 e. The molecule has 2 rings (SSSR count). The van der Waals surface area contributed by atoms with Gasteiger partial charge in [-0.2, -0.15) is 9.57 Å². The van der Waals surface area contributed by atoms with Crippen LogP contribution in [0.1, 0.15) is 31.2 Å². The van der Waals surface area contributed by atoms with Crippen molar-refractivity contribution in [1.82, 2.24) is 4.31 Å². The Bertz CT molecular complexity index is 622. The maximum atomic E-state index is 12.6. The van der Waals surface area contributed by atoms with Crippen molar-refractivity contribution in [2.24, 2.45) is 0 Å². The third-order valence-corrected chi connectivity index (χ3v) is 5.77. The lowest BCUT2D eigenvalue weighted by Gasteiger charge is -2.34. The van der Waals surface area contributed by atoms with Crippen LogP contribution in [0, 0.1) is 11.3 Å². The topological polar surface area (TPSA) is 81.4 Å². The van der Waals surface area contributed by atoms with Crippen molar-refractivity contribution in [1.29, 1.82) is 5.26 Å². The molecular formula is C14H18N2O3S. The van der Waals surface area contributed by atoms with E-state index in [4.69, 9.17) is 5.26 Å². The van der Waals surface area contributed by atoms with Gasteiger partial charge >= 0.3 is 0 Å². The van der Waals surface area contributed by atoms with Gasteiger partial charge in [-0.15, -0.1) is 0 Å². The SMILES string of the molecule is CN(C1CCCCC1O)S(=O)(=O)c1ccccc1C#N. The molecular weight excluding hydrogens is 276 g/mol. The number of hydrogen-bond acceptors (Lipinski definition) is 4. The van der Waals surface area contributed by atoms with Gasteiger partial charge in [-0.1, -0.05) is 25.0 Å². The van der Waals surface area contributed by atoms with Crippen molar-refractivity contribution >= 4 is 10.0 Å². The van der Waals surface area contributed by atoms with Crippen LogP contribution in [-0.4, -0.2) is 37.0 Å². The maximum absolute atomic E-state index is 12.6. The van der Waals surface area contributed by atoms with Gasteiger partial charge in [-0.25, -0.2) is 8.42 Å². The van der Waals surface area contributed by atoms with Gasteiger partial charge in [0.25, 0.3) is 0 Å². The van der Waals surface area contributed by atoms with E-state index in [1.165, 1.54) is 23.5 Å². The molecule has 1 fully saturated rings. The molecule has 5 nitrogen and oxygen atoms in total. The fourth-order valence-electron chi connectivity index (χ4n) is 2.63. The van der Waals surface area contributed by atoms with Crippen LogP contribution in [0.3, 0.4) is 0 Å². The molecule has 0 bridgehead atoms. The van der Waals surface area contributed by atoms with Crippen LogP contribution in [-0.2, 0) is 10.0 Å². The van der Waals surface area contributed by atoms with Gasteiger partial charge in [0.1, 0.15) is 6.07 Å². The fraction of sp³-hybridized carbons (Fsp3) is 0.500. The Kier molecular flexibility index (Phi) is 4.43. The summed E-state index contributed by atoms with van der Waals surface area (Å²) in [6.07, 6.45) is 2.44. The lowest BCUT2D eigenvalue weighted by atomic mass is 9.93. The van der Waals surface area contributed by atoms with Gasteiger partial charge in [0, 0.05) is 7.05 Å². The van der Waals surface area contributed by atoms with E-state index in [0.29, 0.717) is 12.8 Å². The fourth-order valence-corrected chi connectivity index (χ4v) is 4.19. The van der Waals surface area contributed by atoms with E-state index in [1.54, 1.807) is 12.1 Å². The zero-order valence-corrected chi connectivity index (χ0v) is 12.2. The van der Waals surface area contributed by atoms with Gasteiger partial charge < -0.3 is 5.11 Å². The van der Waals surface area contributed by atoms with Gasteiger partial charge in [0.15, 0.2) is 0 Å². The molecule has 1 aliphatic carbocycles. The van der Waals surface area contributed by atoms with Crippen LogP contribution in [0.2, 0.25) is 0 Å². The molecule has 1 saturated carbocycles. The van der Waals surface area contributed by atoms with Crippen LogP contribution < -0.4 is 0 Å². The summed E-state index contributed by atoms with van der Waals surface area (Å²) in [5, 5.41) is 19.0. The van der Waals surface area contributed by atoms with E-state index in [1.807, 2.05) is 6.07 Å². The molecule has 1 N–H and O–H groups in total. The summed E-state index contributed by atoms with van der Waals surface area (Å²) < 4.78 is 26.5. The second kappa shape index (κ2) is 5.92. The minimum atomic E-state index is -3.76. The molecule has 2 atom stereocenters. The standard InChI is InChI=1S/C14H18N2O3S/c1-16(12-7-3-4-8-13(12)17)20(18,19)14-9-5-2-6-11(14)10-15/h2,5-6,9,12-13,17H,3-4,7-8H2,1H3.